The van der Waals surface area contributed by atoms with Crippen LogP contribution in [-0.2, 0) is 16.1 Å². The zero-order chi connectivity index (χ0) is 20.3. The number of rotatable bonds is 7. The van der Waals surface area contributed by atoms with Crippen molar-refractivity contribution in [3.8, 4) is 11.1 Å². The summed E-state index contributed by atoms with van der Waals surface area (Å²) in [6.07, 6.45) is 1.88. The van der Waals surface area contributed by atoms with Gasteiger partial charge < -0.3 is 30.4 Å². The Morgan fingerprint density at radius 2 is 1.93 bits per heavy atom. The van der Waals surface area contributed by atoms with Crippen LogP contribution in [0.3, 0.4) is 0 Å². The van der Waals surface area contributed by atoms with E-state index in [1.807, 2.05) is 0 Å². The highest BCUT2D eigenvalue weighted by Crippen LogP contribution is 2.32. The number of aromatic carboxylic acids is 2. The van der Waals surface area contributed by atoms with E-state index in [1.54, 1.807) is 18.2 Å². The number of carboxylic acids is 2. The number of aromatic amines is 1. The number of benzene rings is 1. The largest absolute Gasteiger partial charge is 0.478 e. The van der Waals surface area contributed by atoms with E-state index in [9.17, 15) is 24.6 Å². The Bertz CT molecular complexity index is 961. The average Bonchev–Trinajstić information content (AvgIpc) is 3.14. The topological polar surface area (TPSA) is 152 Å². The first-order valence-corrected chi connectivity index (χ1v) is 8.70. The molecule has 0 radical (unpaired) electrons. The lowest BCUT2D eigenvalue weighted by molar-refractivity contribution is 0.0107. The monoisotopic (exact) mass is 388 g/mol. The third-order valence-electron chi connectivity index (χ3n) is 4.54. The van der Waals surface area contributed by atoms with Gasteiger partial charge in [0.05, 0.1) is 19.3 Å². The molecule has 0 spiro atoms. The number of H-pyrrole nitrogens is 1. The van der Waals surface area contributed by atoms with Crippen molar-refractivity contribution in [2.75, 3.05) is 18.9 Å². The summed E-state index contributed by atoms with van der Waals surface area (Å²) in [5.74, 6) is -3.40. The third-order valence-corrected chi connectivity index (χ3v) is 4.54. The van der Waals surface area contributed by atoms with E-state index >= 15 is 0 Å². The Hall–Kier alpha value is -3.17. The smallest absolute Gasteiger partial charge is 0.342 e. The van der Waals surface area contributed by atoms with E-state index in [0.717, 1.165) is 12.8 Å². The highest BCUT2D eigenvalue weighted by molar-refractivity contribution is 6.07. The molecule has 0 saturated carbocycles. The predicted octanol–water partition coefficient (Wildman–Crippen LogP) is 1.72. The van der Waals surface area contributed by atoms with Crippen LogP contribution in [0.25, 0.3) is 11.1 Å². The number of nitrogen functional groups attached to an aromatic ring is 1. The van der Waals surface area contributed by atoms with Crippen molar-refractivity contribution in [2.45, 2.75) is 25.6 Å². The maximum Gasteiger partial charge on any atom is 0.342 e. The van der Waals surface area contributed by atoms with E-state index in [1.165, 1.54) is 6.07 Å². The molecule has 28 heavy (non-hydrogen) atoms. The van der Waals surface area contributed by atoms with Gasteiger partial charge in [-0.3, -0.25) is 4.79 Å². The van der Waals surface area contributed by atoms with Crippen LogP contribution >= 0.6 is 0 Å². The second-order valence-corrected chi connectivity index (χ2v) is 6.41. The van der Waals surface area contributed by atoms with Crippen molar-refractivity contribution in [1.82, 2.24) is 4.98 Å². The molecule has 9 nitrogen and oxygen atoms in total. The number of aromatic nitrogens is 1. The molecule has 1 aliphatic heterocycles. The van der Waals surface area contributed by atoms with Gasteiger partial charge in [0.15, 0.2) is 0 Å². The Kier molecular flexibility index (Phi) is 5.76. The maximum atomic E-state index is 12.2. The fourth-order valence-electron chi connectivity index (χ4n) is 3.28. The number of anilines is 1. The minimum Gasteiger partial charge on any atom is -0.478 e. The molecule has 0 amide bonds. The third kappa shape index (κ3) is 3.90. The van der Waals surface area contributed by atoms with Crippen molar-refractivity contribution < 1.29 is 29.3 Å². The van der Waals surface area contributed by atoms with Gasteiger partial charge in [0.25, 0.3) is 5.56 Å². The SMILES string of the molecule is Nc1[nH]c(=O)c(C(=O)O)c(-c2ccccc2COCC2CCCO2)c1C(=O)O. The number of hydrogen-bond acceptors (Lipinski definition) is 6. The summed E-state index contributed by atoms with van der Waals surface area (Å²) in [6.45, 7) is 1.16. The molecule has 1 aliphatic rings. The molecule has 2 heterocycles. The summed E-state index contributed by atoms with van der Waals surface area (Å²) < 4.78 is 11.2. The lowest BCUT2D eigenvalue weighted by Gasteiger charge is -2.16. The minimum absolute atomic E-state index is 0.00605. The Balaban J connectivity index is 2.06. The van der Waals surface area contributed by atoms with Crippen molar-refractivity contribution in [2.24, 2.45) is 0 Å². The van der Waals surface area contributed by atoms with Gasteiger partial charge in [-0.2, -0.15) is 0 Å². The zero-order valence-electron chi connectivity index (χ0n) is 14.9. The van der Waals surface area contributed by atoms with Crippen LogP contribution in [-0.4, -0.2) is 46.5 Å². The Morgan fingerprint density at radius 1 is 1.21 bits per heavy atom. The fourth-order valence-corrected chi connectivity index (χ4v) is 3.28. The molecule has 1 atom stereocenters. The number of carbonyl (C=O) groups is 2. The summed E-state index contributed by atoms with van der Waals surface area (Å²) in [5, 5.41) is 19.1. The van der Waals surface area contributed by atoms with Gasteiger partial charge in [0.2, 0.25) is 0 Å². The molecular formula is C19H20N2O7. The first-order chi connectivity index (χ1) is 13.4. The molecule has 1 fully saturated rings. The molecule has 1 saturated heterocycles. The minimum atomic E-state index is -1.55. The molecule has 5 N–H and O–H groups in total. The predicted molar refractivity (Wildman–Crippen MR) is 99.5 cm³/mol. The highest BCUT2D eigenvalue weighted by atomic mass is 16.5. The molecule has 9 heteroatoms. The van der Waals surface area contributed by atoms with E-state index in [4.69, 9.17) is 15.2 Å². The quantitative estimate of drug-likeness (QED) is 0.559. The van der Waals surface area contributed by atoms with Gasteiger partial charge in [0, 0.05) is 12.2 Å². The molecule has 2 aromatic rings. The van der Waals surface area contributed by atoms with Crippen LogP contribution in [0, 0.1) is 0 Å². The van der Waals surface area contributed by atoms with Gasteiger partial charge in [-0.25, -0.2) is 9.59 Å². The van der Waals surface area contributed by atoms with E-state index in [-0.39, 0.29) is 23.8 Å². The van der Waals surface area contributed by atoms with Crippen LogP contribution in [0.4, 0.5) is 5.82 Å². The maximum absolute atomic E-state index is 12.2. The molecule has 1 unspecified atom stereocenters. The lowest BCUT2D eigenvalue weighted by Crippen LogP contribution is -2.24. The molecule has 1 aromatic heterocycles. The second-order valence-electron chi connectivity index (χ2n) is 6.41. The highest BCUT2D eigenvalue weighted by Gasteiger charge is 2.27. The van der Waals surface area contributed by atoms with Crippen molar-refractivity contribution in [3.05, 3.63) is 51.3 Å². The van der Waals surface area contributed by atoms with Crippen LogP contribution in [0.15, 0.2) is 29.1 Å². The normalized spacial score (nSPS) is 16.2. The average molecular weight is 388 g/mol. The standard InChI is InChI=1S/C19H20N2O7/c20-16-14(18(23)24)13(15(19(25)26)17(22)21-16)12-6-2-1-4-10(12)8-27-9-11-5-3-7-28-11/h1-2,4,6,11H,3,5,7-9H2,(H,23,24)(H,25,26)(H3,20,21,22). The van der Waals surface area contributed by atoms with Crippen molar-refractivity contribution >= 4 is 17.8 Å². The second kappa shape index (κ2) is 8.24. The molecule has 148 valence electrons. The van der Waals surface area contributed by atoms with E-state index in [2.05, 4.69) is 4.98 Å². The van der Waals surface area contributed by atoms with Gasteiger partial charge in [-0.1, -0.05) is 24.3 Å². The first kappa shape index (κ1) is 19.6. The number of hydrogen-bond donors (Lipinski definition) is 4. The van der Waals surface area contributed by atoms with Crippen molar-refractivity contribution in [3.63, 3.8) is 0 Å². The number of pyridine rings is 1. The van der Waals surface area contributed by atoms with Crippen LogP contribution in [0.1, 0.15) is 39.1 Å². The Morgan fingerprint density at radius 3 is 2.57 bits per heavy atom. The lowest BCUT2D eigenvalue weighted by atomic mass is 9.92. The fraction of sp³-hybridized carbons (Fsp3) is 0.316. The van der Waals surface area contributed by atoms with Gasteiger partial charge in [0.1, 0.15) is 16.9 Å². The van der Waals surface area contributed by atoms with Gasteiger partial charge >= 0.3 is 11.9 Å². The zero-order valence-corrected chi connectivity index (χ0v) is 14.9. The summed E-state index contributed by atoms with van der Waals surface area (Å²) >= 11 is 0. The molecular weight excluding hydrogens is 368 g/mol. The van der Waals surface area contributed by atoms with Gasteiger partial charge in [-0.15, -0.1) is 0 Å². The summed E-state index contributed by atoms with van der Waals surface area (Å²) in [5.41, 5.74) is 4.13. The van der Waals surface area contributed by atoms with Crippen LogP contribution in [0.2, 0.25) is 0 Å². The summed E-state index contributed by atoms with van der Waals surface area (Å²) in [6, 6.07) is 6.55. The molecule has 0 bridgehead atoms. The Labute approximate surface area is 159 Å². The van der Waals surface area contributed by atoms with E-state index in [0.29, 0.717) is 18.8 Å². The summed E-state index contributed by atoms with van der Waals surface area (Å²) in [4.78, 5) is 37.7. The molecule has 3 rings (SSSR count). The first-order valence-electron chi connectivity index (χ1n) is 8.70. The van der Waals surface area contributed by atoms with Crippen LogP contribution in [0.5, 0.6) is 0 Å². The number of carboxylic acid groups (broad SMARTS) is 2. The molecule has 0 aliphatic carbocycles. The number of nitrogens with two attached hydrogens (primary N) is 1. The molecule has 1 aromatic carbocycles. The van der Waals surface area contributed by atoms with E-state index < -0.39 is 34.4 Å². The number of ether oxygens (including phenoxy) is 2. The van der Waals surface area contributed by atoms with Crippen LogP contribution < -0.4 is 11.3 Å². The van der Waals surface area contributed by atoms with Gasteiger partial charge in [-0.05, 0) is 24.0 Å². The summed E-state index contributed by atoms with van der Waals surface area (Å²) in [7, 11) is 0. The number of nitrogens with one attached hydrogen (secondary N) is 1. The van der Waals surface area contributed by atoms with Crippen molar-refractivity contribution in [1.29, 1.82) is 0 Å².